The average Bonchev–Trinajstić information content (AvgIpc) is 2.57. The predicted octanol–water partition coefficient (Wildman–Crippen LogP) is 6.12. The summed E-state index contributed by atoms with van der Waals surface area (Å²) in [4.78, 5) is 25.2. The first-order valence-corrected chi connectivity index (χ1v) is 14.0. The standard InChI is InChI=1S/C25H38O2Si/c1-22(2,3)28(7,8)16-15-25-13-9-18(26)17-20(25)24(6)12-11-21(27)23(4,5)19(24)10-14-25/h17,19H,9-14H2,1-8H3/t19?,24-,25+/m0/s1. The molecule has 3 heteroatoms. The predicted molar refractivity (Wildman–Crippen MR) is 119 cm³/mol. The van der Waals surface area contributed by atoms with Crippen molar-refractivity contribution >= 4 is 19.6 Å². The van der Waals surface area contributed by atoms with Crippen LogP contribution in [0.2, 0.25) is 18.1 Å². The van der Waals surface area contributed by atoms with Crippen molar-refractivity contribution in [1.29, 1.82) is 0 Å². The Bertz CT molecular complexity index is 799. The van der Waals surface area contributed by atoms with Crippen molar-refractivity contribution in [1.82, 2.24) is 0 Å². The summed E-state index contributed by atoms with van der Waals surface area (Å²) < 4.78 is 0. The van der Waals surface area contributed by atoms with Gasteiger partial charge < -0.3 is 0 Å². The zero-order valence-corrected chi connectivity index (χ0v) is 20.2. The highest BCUT2D eigenvalue weighted by Crippen LogP contribution is 2.65. The minimum absolute atomic E-state index is 0.0894. The van der Waals surface area contributed by atoms with Crippen LogP contribution in [0.3, 0.4) is 0 Å². The highest BCUT2D eigenvalue weighted by molar-refractivity contribution is 6.87. The van der Waals surface area contributed by atoms with Gasteiger partial charge in [0.25, 0.3) is 0 Å². The zero-order chi connectivity index (χ0) is 21.2. The van der Waals surface area contributed by atoms with Gasteiger partial charge in [-0.2, -0.15) is 0 Å². The Hall–Kier alpha value is -1.14. The van der Waals surface area contributed by atoms with Crippen molar-refractivity contribution in [2.75, 3.05) is 0 Å². The van der Waals surface area contributed by atoms with Crippen LogP contribution in [0.25, 0.3) is 0 Å². The number of fused-ring (bicyclic) bond motifs is 3. The van der Waals surface area contributed by atoms with Crippen LogP contribution in [0, 0.1) is 33.6 Å². The van der Waals surface area contributed by atoms with Crippen molar-refractivity contribution in [2.24, 2.45) is 22.2 Å². The van der Waals surface area contributed by atoms with E-state index in [4.69, 9.17) is 0 Å². The molecule has 154 valence electrons. The summed E-state index contributed by atoms with van der Waals surface area (Å²) in [5.41, 5.74) is 4.49. The van der Waals surface area contributed by atoms with Crippen LogP contribution in [0.4, 0.5) is 0 Å². The second kappa shape index (κ2) is 6.43. The minimum Gasteiger partial charge on any atom is -0.299 e. The lowest BCUT2D eigenvalue weighted by Gasteiger charge is -2.59. The van der Waals surface area contributed by atoms with E-state index in [1.807, 2.05) is 6.08 Å². The maximum Gasteiger partial charge on any atom is 0.155 e. The highest BCUT2D eigenvalue weighted by atomic mass is 28.3. The third-order valence-corrected chi connectivity index (χ3v) is 13.3. The van der Waals surface area contributed by atoms with E-state index < -0.39 is 8.07 Å². The second-order valence-corrected chi connectivity index (χ2v) is 16.9. The molecule has 1 unspecified atom stereocenters. The number of Topliss-reactive ketones (excluding diaryl/α,β-unsaturated/α-hetero) is 1. The fraction of sp³-hybridized carbons (Fsp3) is 0.760. The Morgan fingerprint density at radius 3 is 2.29 bits per heavy atom. The fourth-order valence-corrected chi connectivity index (χ4v) is 6.65. The Kier molecular flexibility index (Phi) is 4.95. The fourth-order valence-electron chi connectivity index (χ4n) is 5.72. The van der Waals surface area contributed by atoms with Crippen molar-refractivity contribution in [2.45, 2.75) is 98.2 Å². The maximum absolute atomic E-state index is 12.7. The van der Waals surface area contributed by atoms with E-state index in [1.165, 1.54) is 5.57 Å². The summed E-state index contributed by atoms with van der Waals surface area (Å²) >= 11 is 0. The molecule has 0 bridgehead atoms. The molecule has 0 spiro atoms. The van der Waals surface area contributed by atoms with Gasteiger partial charge in [0, 0.05) is 18.3 Å². The molecular weight excluding hydrogens is 360 g/mol. The monoisotopic (exact) mass is 398 g/mol. The molecule has 3 aliphatic rings. The molecule has 0 aliphatic heterocycles. The lowest BCUT2D eigenvalue weighted by Crippen LogP contribution is -2.55. The Balaban J connectivity index is 2.11. The summed E-state index contributed by atoms with van der Waals surface area (Å²) in [5, 5.41) is 0.228. The first kappa shape index (κ1) is 21.6. The summed E-state index contributed by atoms with van der Waals surface area (Å²) in [6.07, 6.45) is 6.92. The van der Waals surface area contributed by atoms with Crippen LogP contribution in [-0.4, -0.2) is 19.6 Å². The topological polar surface area (TPSA) is 34.1 Å². The largest absolute Gasteiger partial charge is 0.299 e. The van der Waals surface area contributed by atoms with Crippen molar-refractivity contribution in [3.63, 3.8) is 0 Å². The van der Waals surface area contributed by atoms with Gasteiger partial charge in [-0.25, -0.2) is 0 Å². The van der Waals surface area contributed by atoms with Crippen LogP contribution in [0.5, 0.6) is 0 Å². The molecule has 0 radical (unpaired) electrons. The summed E-state index contributed by atoms with van der Waals surface area (Å²) in [6.45, 7) is 18.2. The molecule has 3 rings (SSSR count). The van der Waals surface area contributed by atoms with Crippen LogP contribution in [0.1, 0.15) is 80.1 Å². The molecule has 2 saturated carbocycles. The Morgan fingerprint density at radius 1 is 1.04 bits per heavy atom. The summed E-state index contributed by atoms with van der Waals surface area (Å²) in [6, 6.07) is 0. The molecule has 0 aromatic rings. The first-order valence-electron chi connectivity index (χ1n) is 11.0. The normalized spacial score (nSPS) is 35.3. The van der Waals surface area contributed by atoms with Gasteiger partial charge in [0.15, 0.2) is 5.78 Å². The third kappa shape index (κ3) is 3.17. The number of allylic oxidation sites excluding steroid dienone is 2. The van der Waals surface area contributed by atoms with Crippen molar-refractivity contribution < 1.29 is 9.59 Å². The minimum atomic E-state index is -1.72. The van der Waals surface area contributed by atoms with E-state index in [-0.39, 0.29) is 27.1 Å². The van der Waals surface area contributed by atoms with E-state index in [0.29, 0.717) is 24.5 Å². The third-order valence-electron chi connectivity index (χ3n) is 8.81. The molecule has 0 amide bonds. The van der Waals surface area contributed by atoms with Gasteiger partial charge in [0.2, 0.25) is 0 Å². The van der Waals surface area contributed by atoms with E-state index in [1.54, 1.807) is 0 Å². The molecule has 2 nitrogen and oxygen atoms in total. The maximum atomic E-state index is 12.7. The lowest BCUT2D eigenvalue weighted by molar-refractivity contribution is -0.141. The van der Waals surface area contributed by atoms with Crippen LogP contribution in [-0.2, 0) is 9.59 Å². The number of hydrogen-bond acceptors (Lipinski definition) is 2. The molecule has 0 saturated heterocycles. The number of carbonyl (C=O) groups excluding carboxylic acids is 2. The summed E-state index contributed by atoms with van der Waals surface area (Å²) in [5.74, 6) is 4.75. The van der Waals surface area contributed by atoms with Crippen molar-refractivity contribution in [3.8, 4) is 11.5 Å². The van der Waals surface area contributed by atoms with E-state index in [9.17, 15) is 9.59 Å². The number of rotatable bonds is 0. The van der Waals surface area contributed by atoms with Gasteiger partial charge in [-0.1, -0.05) is 60.6 Å². The molecule has 0 aromatic heterocycles. The number of carbonyl (C=O) groups is 2. The van der Waals surface area contributed by atoms with Crippen LogP contribution >= 0.6 is 0 Å². The smallest absolute Gasteiger partial charge is 0.155 e. The van der Waals surface area contributed by atoms with E-state index in [0.717, 1.165) is 25.7 Å². The molecule has 3 aliphatic carbocycles. The van der Waals surface area contributed by atoms with Crippen molar-refractivity contribution in [3.05, 3.63) is 11.6 Å². The van der Waals surface area contributed by atoms with Gasteiger partial charge in [0.1, 0.15) is 13.9 Å². The SMILES string of the molecule is CC1(C)C(=O)CC[C@]2(C)C3=CC(=O)CC[C@]3(C#C[Si](C)(C)C(C)(C)C)CCC12. The summed E-state index contributed by atoms with van der Waals surface area (Å²) in [7, 11) is -1.72. The molecular formula is C25H38O2Si. The lowest BCUT2D eigenvalue weighted by atomic mass is 9.44. The molecule has 28 heavy (non-hydrogen) atoms. The molecule has 2 fully saturated rings. The Labute approximate surface area is 172 Å². The Morgan fingerprint density at radius 2 is 1.68 bits per heavy atom. The molecule has 0 N–H and O–H groups in total. The molecule has 3 atom stereocenters. The quantitative estimate of drug-likeness (QED) is 0.364. The average molecular weight is 399 g/mol. The van der Waals surface area contributed by atoms with E-state index >= 15 is 0 Å². The van der Waals surface area contributed by atoms with Crippen LogP contribution < -0.4 is 0 Å². The highest BCUT2D eigenvalue weighted by Gasteiger charge is 2.59. The van der Waals surface area contributed by atoms with Crippen LogP contribution in [0.15, 0.2) is 11.6 Å². The second-order valence-electron chi connectivity index (χ2n) is 11.9. The molecule has 0 aromatic carbocycles. The van der Waals surface area contributed by atoms with Gasteiger partial charge in [0.05, 0.1) is 5.41 Å². The zero-order valence-electron chi connectivity index (χ0n) is 19.2. The van der Waals surface area contributed by atoms with Gasteiger partial charge in [-0.15, -0.1) is 5.54 Å². The first-order chi connectivity index (χ1) is 12.7. The number of ketones is 2. The van der Waals surface area contributed by atoms with E-state index in [2.05, 4.69) is 66.1 Å². The van der Waals surface area contributed by atoms with Gasteiger partial charge in [-0.3, -0.25) is 9.59 Å². The van der Waals surface area contributed by atoms with Gasteiger partial charge in [-0.05, 0) is 53.7 Å². The molecule has 0 heterocycles. The number of hydrogen-bond donors (Lipinski definition) is 0. The van der Waals surface area contributed by atoms with Gasteiger partial charge >= 0.3 is 0 Å².